The van der Waals surface area contributed by atoms with Gasteiger partial charge < -0.3 is 25.5 Å². The average Bonchev–Trinajstić information content (AvgIpc) is 3.32. The van der Waals surface area contributed by atoms with E-state index in [-0.39, 0.29) is 11.7 Å². The lowest BCUT2D eigenvalue weighted by atomic mass is 10.1. The Balaban J connectivity index is 0.000000244. The van der Waals surface area contributed by atoms with Crippen molar-refractivity contribution in [2.75, 3.05) is 13.7 Å². The fourth-order valence-electron chi connectivity index (χ4n) is 3.42. The van der Waals surface area contributed by atoms with Crippen LogP contribution in [0.15, 0.2) is 24.2 Å². The van der Waals surface area contributed by atoms with Crippen LogP contribution in [0, 0.1) is 16.7 Å². The molecule has 2 aromatic rings. The van der Waals surface area contributed by atoms with Crippen LogP contribution in [0.25, 0.3) is 11.1 Å². The quantitative estimate of drug-likeness (QED) is 0.695. The maximum atomic E-state index is 11.6. The van der Waals surface area contributed by atoms with Gasteiger partial charge in [-0.1, -0.05) is 0 Å². The number of pyridine rings is 1. The van der Waals surface area contributed by atoms with Crippen molar-refractivity contribution >= 4 is 23.4 Å². The van der Waals surface area contributed by atoms with E-state index in [4.69, 9.17) is 25.9 Å². The third-order valence-corrected chi connectivity index (χ3v) is 4.98. The Labute approximate surface area is 188 Å². The zero-order valence-electron chi connectivity index (χ0n) is 19.6. The van der Waals surface area contributed by atoms with Crippen molar-refractivity contribution in [3.8, 4) is 11.8 Å². The van der Waals surface area contributed by atoms with E-state index in [1.54, 1.807) is 23.7 Å². The van der Waals surface area contributed by atoms with Crippen molar-refractivity contribution in [2.45, 2.75) is 59.1 Å². The van der Waals surface area contributed by atoms with Crippen LogP contribution < -0.4 is 10.5 Å². The number of fused-ring (bicyclic) bond motifs is 1. The Morgan fingerprint density at radius 1 is 1.44 bits per heavy atom. The van der Waals surface area contributed by atoms with Crippen LogP contribution in [-0.2, 0) is 4.74 Å². The van der Waals surface area contributed by atoms with Crippen molar-refractivity contribution in [3.05, 3.63) is 35.3 Å². The second-order valence-electron chi connectivity index (χ2n) is 8.67. The molecule has 2 aromatic heterocycles. The predicted octanol–water partition coefficient (Wildman–Crippen LogP) is 3.96. The highest BCUT2D eigenvalue weighted by molar-refractivity contribution is 6.09. The van der Waals surface area contributed by atoms with Gasteiger partial charge in [0.1, 0.15) is 28.5 Å². The molecule has 1 amide bonds. The first-order valence-corrected chi connectivity index (χ1v) is 10.4. The first-order valence-electron chi connectivity index (χ1n) is 10.4. The predicted molar refractivity (Wildman–Crippen MR) is 124 cm³/mol. The van der Waals surface area contributed by atoms with E-state index in [0.29, 0.717) is 39.7 Å². The number of amides is 1. The van der Waals surface area contributed by atoms with Gasteiger partial charge in [-0.15, -0.1) is 0 Å². The van der Waals surface area contributed by atoms with Gasteiger partial charge in [0, 0.05) is 41.8 Å². The third kappa shape index (κ3) is 5.78. The smallest absolute Gasteiger partial charge is 0.410 e. The van der Waals surface area contributed by atoms with Crippen molar-refractivity contribution in [3.63, 3.8) is 0 Å². The van der Waals surface area contributed by atoms with Gasteiger partial charge in [0.05, 0.1) is 13.3 Å². The molecular weight excluding hydrogens is 408 g/mol. The molecule has 3 rings (SSSR count). The van der Waals surface area contributed by atoms with Crippen LogP contribution in [0.3, 0.4) is 0 Å². The second kappa shape index (κ2) is 10.2. The first-order chi connectivity index (χ1) is 15.0. The van der Waals surface area contributed by atoms with Crippen molar-refractivity contribution in [2.24, 2.45) is 5.73 Å². The molecule has 0 spiro atoms. The van der Waals surface area contributed by atoms with Crippen LogP contribution >= 0.6 is 0 Å². The molecule has 1 unspecified atom stereocenters. The van der Waals surface area contributed by atoms with Gasteiger partial charge in [-0.3, -0.25) is 0 Å². The average molecular weight is 441 g/mol. The largest absolute Gasteiger partial charge is 0.494 e. The second-order valence-corrected chi connectivity index (χ2v) is 8.67. The monoisotopic (exact) mass is 440 g/mol. The van der Waals surface area contributed by atoms with Crippen LogP contribution in [0.5, 0.6) is 5.75 Å². The van der Waals surface area contributed by atoms with Gasteiger partial charge >= 0.3 is 6.09 Å². The number of ether oxygens (including phenoxy) is 2. The maximum Gasteiger partial charge on any atom is 0.410 e. The van der Waals surface area contributed by atoms with Gasteiger partial charge in [0.2, 0.25) is 0 Å². The molecule has 0 aliphatic carbocycles. The number of likely N-dealkylation sites (tertiary alicyclic amines) is 1. The van der Waals surface area contributed by atoms with Gasteiger partial charge in [0.15, 0.2) is 0 Å². The van der Waals surface area contributed by atoms with Crippen molar-refractivity contribution in [1.82, 2.24) is 14.5 Å². The molecule has 0 saturated carbocycles. The number of nitrogens with two attached hydrogens (primary N) is 1. The molecule has 1 aliphatic heterocycles. The summed E-state index contributed by atoms with van der Waals surface area (Å²) in [6.07, 6.45) is 6.40. The first kappa shape index (κ1) is 24.7. The highest BCUT2D eigenvalue weighted by Crippen LogP contribution is 2.27. The Hall–Kier alpha value is -3.54. The normalized spacial score (nSPS) is 16.5. The number of methoxy groups -OCH3 is 1. The van der Waals surface area contributed by atoms with Crippen LogP contribution in [0.4, 0.5) is 4.79 Å². The Bertz CT molecular complexity index is 1050. The summed E-state index contributed by atoms with van der Waals surface area (Å²) in [7, 11) is 1.52. The summed E-state index contributed by atoms with van der Waals surface area (Å²) in [5.74, 6) is 0.521. The van der Waals surface area contributed by atoms with E-state index in [0.717, 1.165) is 19.4 Å². The van der Waals surface area contributed by atoms with E-state index in [9.17, 15) is 4.79 Å². The number of aromatic nitrogens is 2. The van der Waals surface area contributed by atoms with Gasteiger partial charge in [-0.05, 0) is 53.5 Å². The molecule has 9 nitrogen and oxygen atoms in total. The number of nitriles is 1. The summed E-state index contributed by atoms with van der Waals surface area (Å²) in [5.41, 5.74) is 8.26. The number of carbonyl (C=O) groups is 1. The fraction of sp³-hybridized carbons (Fsp3) is 0.478. The third-order valence-electron chi connectivity index (χ3n) is 4.98. The molecule has 1 aliphatic rings. The topological polar surface area (TPSA) is 130 Å². The van der Waals surface area contributed by atoms with E-state index in [2.05, 4.69) is 18.1 Å². The van der Waals surface area contributed by atoms with E-state index in [1.165, 1.54) is 19.5 Å². The minimum absolute atomic E-state index is 0.169. The fourth-order valence-corrected chi connectivity index (χ4v) is 3.42. The molecule has 1 atom stereocenters. The van der Waals surface area contributed by atoms with Gasteiger partial charge in [-0.25, -0.2) is 9.31 Å². The molecule has 0 bridgehead atoms. The SMILES string of the molecule is CC1CCCN1C(=O)OC(C)(C)C.COc1cc(/C(C=N)=C(\C)N)cn2ncc(C#N)c12. The number of nitrogens with zero attached hydrogens (tertiary/aromatic N) is 4. The lowest BCUT2D eigenvalue weighted by Crippen LogP contribution is -2.38. The van der Waals surface area contributed by atoms with Crippen LogP contribution in [0.1, 0.15) is 58.6 Å². The summed E-state index contributed by atoms with van der Waals surface area (Å²) in [6, 6.07) is 4.15. The highest BCUT2D eigenvalue weighted by atomic mass is 16.6. The standard InChI is InChI=1S/C13H13N5O.C10H19NO2/c1-8(16)11(5-15)9-3-12(19-2)13-10(4-14)6-17-18(13)7-9;1-8-6-5-7-11(8)9(12)13-10(2,3)4/h3,5-7,15H,16H2,1-2H3;8H,5-7H2,1-4H3/b11-8+,15-5?;. The van der Waals surface area contributed by atoms with Crippen molar-refractivity contribution in [1.29, 1.82) is 10.7 Å². The van der Waals surface area contributed by atoms with E-state index in [1.807, 2.05) is 25.7 Å². The summed E-state index contributed by atoms with van der Waals surface area (Å²) in [4.78, 5) is 13.4. The number of hydrogen-bond donors (Lipinski definition) is 2. The summed E-state index contributed by atoms with van der Waals surface area (Å²) in [6.45, 7) is 10.3. The minimum Gasteiger partial charge on any atom is -0.494 e. The molecule has 1 fully saturated rings. The number of allylic oxidation sites excluding steroid dienone is 2. The summed E-state index contributed by atoms with van der Waals surface area (Å²) in [5, 5.41) is 20.6. The zero-order chi connectivity index (χ0) is 24.1. The van der Waals surface area contributed by atoms with Gasteiger partial charge in [0.25, 0.3) is 0 Å². The zero-order valence-corrected chi connectivity index (χ0v) is 19.6. The molecule has 0 radical (unpaired) electrons. The lowest BCUT2D eigenvalue weighted by molar-refractivity contribution is 0.0239. The molecule has 1 saturated heterocycles. The molecule has 3 heterocycles. The Morgan fingerprint density at radius 3 is 2.59 bits per heavy atom. The van der Waals surface area contributed by atoms with Crippen LogP contribution in [-0.4, -0.2) is 52.1 Å². The summed E-state index contributed by atoms with van der Waals surface area (Å²) >= 11 is 0. The van der Waals surface area contributed by atoms with Crippen LogP contribution in [0.2, 0.25) is 0 Å². The number of rotatable bonds is 3. The molecule has 3 N–H and O–H groups in total. The molecule has 32 heavy (non-hydrogen) atoms. The molecule has 172 valence electrons. The lowest BCUT2D eigenvalue weighted by Gasteiger charge is -2.26. The maximum absolute atomic E-state index is 11.6. The summed E-state index contributed by atoms with van der Waals surface area (Å²) < 4.78 is 12.1. The van der Waals surface area contributed by atoms with E-state index >= 15 is 0 Å². The molecule has 9 heteroatoms. The number of hydrogen-bond acceptors (Lipinski definition) is 7. The highest BCUT2D eigenvalue weighted by Gasteiger charge is 2.29. The molecular formula is C23H32N6O3. The molecule has 0 aromatic carbocycles. The Kier molecular flexibility index (Phi) is 7.87. The Morgan fingerprint density at radius 2 is 2.12 bits per heavy atom. The number of nitrogens with one attached hydrogen (secondary N) is 1. The van der Waals surface area contributed by atoms with E-state index < -0.39 is 0 Å². The number of carbonyl (C=O) groups excluding carboxylic acids is 1. The van der Waals surface area contributed by atoms with Crippen molar-refractivity contribution < 1.29 is 14.3 Å². The minimum atomic E-state index is -0.376. The van der Waals surface area contributed by atoms with Gasteiger partial charge in [-0.2, -0.15) is 10.4 Å².